The maximum absolute atomic E-state index is 11.5. The SMILES string of the molecule is COc1nc2cc(CC(C)c3ccc4[nH]c(=O)sc4c3)c(C)cc2s1. The number of nitrogens with one attached hydrogen (secondary N) is 1. The first-order valence-electron chi connectivity index (χ1n) is 8.10. The average molecular weight is 370 g/mol. The molecule has 1 unspecified atom stereocenters. The summed E-state index contributed by atoms with van der Waals surface area (Å²) in [6, 6.07) is 10.6. The second-order valence-electron chi connectivity index (χ2n) is 6.31. The predicted octanol–water partition coefficient (Wildman–Crippen LogP) is 4.86. The Kier molecular flexibility index (Phi) is 4.09. The van der Waals surface area contributed by atoms with Gasteiger partial charge in [0.15, 0.2) is 0 Å². The number of aromatic nitrogens is 2. The van der Waals surface area contributed by atoms with E-state index in [1.54, 1.807) is 18.4 Å². The van der Waals surface area contributed by atoms with Crippen molar-refractivity contribution in [3.63, 3.8) is 0 Å². The molecule has 0 aliphatic rings. The van der Waals surface area contributed by atoms with Crippen LogP contribution in [-0.2, 0) is 6.42 Å². The predicted molar refractivity (Wildman–Crippen MR) is 105 cm³/mol. The van der Waals surface area contributed by atoms with Crippen molar-refractivity contribution in [2.24, 2.45) is 0 Å². The number of hydrogen-bond donors (Lipinski definition) is 1. The number of ether oxygens (including phenoxy) is 1. The summed E-state index contributed by atoms with van der Waals surface area (Å²) in [4.78, 5) is 18.9. The zero-order valence-electron chi connectivity index (χ0n) is 14.3. The molecule has 128 valence electrons. The largest absolute Gasteiger partial charge is 0.473 e. The fraction of sp³-hybridized carbons (Fsp3) is 0.263. The highest BCUT2D eigenvalue weighted by Crippen LogP contribution is 2.32. The topological polar surface area (TPSA) is 55.0 Å². The molecule has 0 bridgehead atoms. The lowest BCUT2D eigenvalue weighted by Crippen LogP contribution is -2.00. The number of rotatable bonds is 4. The van der Waals surface area contributed by atoms with Crippen molar-refractivity contribution >= 4 is 43.1 Å². The third kappa shape index (κ3) is 3.07. The van der Waals surface area contributed by atoms with Crippen LogP contribution in [0.15, 0.2) is 35.1 Å². The zero-order valence-corrected chi connectivity index (χ0v) is 15.9. The fourth-order valence-electron chi connectivity index (χ4n) is 3.12. The summed E-state index contributed by atoms with van der Waals surface area (Å²) >= 11 is 2.84. The molecule has 4 rings (SSSR count). The third-order valence-electron chi connectivity index (χ3n) is 4.54. The third-order valence-corrected chi connectivity index (χ3v) is 6.37. The molecule has 0 aliphatic carbocycles. The van der Waals surface area contributed by atoms with E-state index in [2.05, 4.69) is 48.1 Å². The molecule has 2 heterocycles. The first-order valence-corrected chi connectivity index (χ1v) is 9.73. The summed E-state index contributed by atoms with van der Waals surface area (Å²) in [5, 5.41) is 0.701. The molecule has 0 spiro atoms. The molecule has 25 heavy (non-hydrogen) atoms. The molecular formula is C19H18N2O2S2. The number of aryl methyl sites for hydroxylation is 1. The molecule has 0 amide bonds. The summed E-state index contributed by atoms with van der Waals surface area (Å²) in [6.45, 7) is 4.37. The van der Waals surface area contributed by atoms with Gasteiger partial charge in [0, 0.05) is 0 Å². The quantitative estimate of drug-likeness (QED) is 0.558. The van der Waals surface area contributed by atoms with Crippen LogP contribution in [-0.4, -0.2) is 17.1 Å². The number of H-pyrrole nitrogens is 1. The average Bonchev–Trinajstić information content (AvgIpc) is 3.15. The Morgan fingerprint density at radius 2 is 2.04 bits per heavy atom. The molecule has 4 aromatic rings. The lowest BCUT2D eigenvalue weighted by atomic mass is 9.91. The first-order chi connectivity index (χ1) is 12.0. The van der Waals surface area contributed by atoms with Gasteiger partial charge in [-0.25, -0.2) is 4.98 Å². The summed E-state index contributed by atoms with van der Waals surface area (Å²) in [7, 11) is 1.65. The Morgan fingerprint density at radius 1 is 1.20 bits per heavy atom. The van der Waals surface area contributed by atoms with Crippen LogP contribution in [0.5, 0.6) is 5.19 Å². The molecular weight excluding hydrogens is 352 g/mol. The summed E-state index contributed by atoms with van der Waals surface area (Å²) in [5.74, 6) is 0.360. The lowest BCUT2D eigenvalue weighted by molar-refractivity contribution is 0.413. The normalized spacial score (nSPS) is 12.8. The van der Waals surface area contributed by atoms with Gasteiger partial charge in [0.1, 0.15) is 0 Å². The van der Waals surface area contributed by atoms with E-state index in [9.17, 15) is 4.79 Å². The van der Waals surface area contributed by atoms with E-state index in [1.807, 2.05) is 6.07 Å². The van der Waals surface area contributed by atoms with Crippen molar-refractivity contribution in [1.29, 1.82) is 0 Å². The van der Waals surface area contributed by atoms with Crippen molar-refractivity contribution in [2.75, 3.05) is 7.11 Å². The monoisotopic (exact) mass is 370 g/mol. The van der Waals surface area contributed by atoms with Crippen LogP contribution in [0.2, 0.25) is 0 Å². The Hall–Kier alpha value is -2.18. The summed E-state index contributed by atoms with van der Waals surface area (Å²) in [5.41, 5.74) is 5.73. The van der Waals surface area contributed by atoms with Crippen LogP contribution in [0.25, 0.3) is 20.4 Å². The van der Waals surface area contributed by atoms with Crippen LogP contribution in [0.3, 0.4) is 0 Å². The van der Waals surface area contributed by atoms with Crippen LogP contribution in [0.4, 0.5) is 0 Å². The second-order valence-corrected chi connectivity index (χ2v) is 8.31. The molecule has 0 fully saturated rings. The Balaban J connectivity index is 1.66. The van der Waals surface area contributed by atoms with E-state index >= 15 is 0 Å². The summed E-state index contributed by atoms with van der Waals surface area (Å²) < 4.78 is 7.43. The van der Waals surface area contributed by atoms with Gasteiger partial charge in [0.05, 0.1) is 27.5 Å². The number of nitrogens with zero attached hydrogens (tertiary/aromatic N) is 1. The van der Waals surface area contributed by atoms with Crippen LogP contribution in [0, 0.1) is 6.92 Å². The number of hydrogen-bond acceptors (Lipinski definition) is 5. The van der Waals surface area contributed by atoms with Gasteiger partial charge in [-0.05, 0) is 60.2 Å². The van der Waals surface area contributed by atoms with Gasteiger partial charge in [-0.15, -0.1) is 0 Å². The number of benzene rings is 2. The van der Waals surface area contributed by atoms with Gasteiger partial charge < -0.3 is 9.72 Å². The highest BCUT2D eigenvalue weighted by Gasteiger charge is 2.13. The van der Waals surface area contributed by atoms with Crippen molar-refractivity contribution < 1.29 is 4.74 Å². The van der Waals surface area contributed by atoms with Gasteiger partial charge in [0.25, 0.3) is 5.19 Å². The second kappa shape index (κ2) is 6.28. The minimum absolute atomic E-state index is 0.00132. The number of methoxy groups -OCH3 is 1. The number of thiazole rings is 2. The highest BCUT2D eigenvalue weighted by atomic mass is 32.1. The lowest BCUT2D eigenvalue weighted by Gasteiger charge is -2.14. The van der Waals surface area contributed by atoms with E-state index in [1.165, 1.54) is 28.0 Å². The Bertz CT molecular complexity index is 1120. The summed E-state index contributed by atoms with van der Waals surface area (Å²) in [6.07, 6.45) is 0.937. The molecule has 2 aromatic carbocycles. The van der Waals surface area contributed by atoms with E-state index < -0.39 is 0 Å². The molecule has 1 atom stereocenters. The van der Waals surface area contributed by atoms with Gasteiger partial charge in [-0.1, -0.05) is 35.7 Å². The molecule has 0 radical (unpaired) electrons. The fourth-order valence-corrected chi connectivity index (χ4v) is 4.77. The molecule has 0 saturated heterocycles. The van der Waals surface area contributed by atoms with E-state index in [0.717, 1.165) is 26.9 Å². The molecule has 2 aromatic heterocycles. The molecule has 0 saturated carbocycles. The van der Waals surface area contributed by atoms with Crippen LogP contribution < -0.4 is 9.61 Å². The van der Waals surface area contributed by atoms with Crippen molar-refractivity contribution in [2.45, 2.75) is 26.2 Å². The minimum atomic E-state index is -0.00132. The van der Waals surface area contributed by atoms with E-state index in [0.29, 0.717) is 11.1 Å². The molecule has 1 N–H and O–H groups in total. The maximum atomic E-state index is 11.5. The first kappa shape index (κ1) is 16.3. The Morgan fingerprint density at radius 3 is 2.84 bits per heavy atom. The Labute approximate surface area is 153 Å². The smallest absolute Gasteiger partial charge is 0.305 e. The van der Waals surface area contributed by atoms with E-state index in [4.69, 9.17) is 4.74 Å². The van der Waals surface area contributed by atoms with Crippen molar-refractivity contribution in [3.8, 4) is 5.19 Å². The van der Waals surface area contributed by atoms with Crippen molar-refractivity contribution in [3.05, 3.63) is 56.7 Å². The van der Waals surface area contributed by atoms with Crippen LogP contribution in [0.1, 0.15) is 29.5 Å². The van der Waals surface area contributed by atoms with Gasteiger partial charge in [-0.2, -0.15) is 0 Å². The number of aromatic amines is 1. The van der Waals surface area contributed by atoms with Crippen molar-refractivity contribution in [1.82, 2.24) is 9.97 Å². The van der Waals surface area contributed by atoms with E-state index in [-0.39, 0.29) is 4.87 Å². The number of fused-ring (bicyclic) bond motifs is 2. The van der Waals surface area contributed by atoms with Gasteiger partial charge in [-0.3, -0.25) is 4.79 Å². The highest BCUT2D eigenvalue weighted by molar-refractivity contribution is 7.20. The maximum Gasteiger partial charge on any atom is 0.305 e. The van der Waals surface area contributed by atoms with Gasteiger partial charge >= 0.3 is 4.87 Å². The minimum Gasteiger partial charge on any atom is -0.473 e. The van der Waals surface area contributed by atoms with Crippen LogP contribution >= 0.6 is 22.7 Å². The molecule has 4 nitrogen and oxygen atoms in total. The van der Waals surface area contributed by atoms with Gasteiger partial charge in [0.2, 0.25) is 0 Å². The standard InChI is InChI=1S/C19H18N2O2S2/c1-10(12-4-5-14-17(9-12)24-18(22)20-14)6-13-8-15-16(7-11(13)2)25-19(21-15)23-3/h4-5,7-10H,6H2,1-3H3,(H,20,22). The zero-order chi connectivity index (χ0) is 17.6. The molecule has 6 heteroatoms. The molecule has 0 aliphatic heterocycles.